The maximum Gasteiger partial charge on any atom is 0.241 e. The predicted molar refractivity (Wildman–Crippen MR) is 78.8 cm³/mol. The van der Waals surface area contributed by atoms with Crippen LogP contribution in [0.15, 0.2) is 35.2 Å². The standard InChI is InChI=1S/C14H22N2O3S/c1-3-10-16(11-4-2)14(17)12-15-20(18,19)13-8-6-5-7-9-13/h5-9,15H,3-4,10-12H2,1-2H3. The molecule has 0 saturated heterocycles. The summed E-state index contributed by atoms with van der Waals surface area (Å²) in [7, 11) is -3.62. The third kappa shape index (κ3) is 4.94. The number of carbonyl (C=O) groups excluding carboxylic acids is 1. The van der Waals surface area contributed by atoms with Crippen molar-refractivity contribution in [2.24, 2.45) is 0 Å². The SMILES string of the molecule is CCCN(CCC)C(=O)CNS(=O)(=O)c1ccccc1. The lowest BCUT2D eigenvalue weighted by Gasteiger charge is -2.21. The molecule has 0 heterocycles. The van der Waals surface area contributed by atoms with Crippen molar-refractivity contribution in [3.8, 4) is 0 Å². The van der Waals surface area contributed by atoms with Gasteiger partial charge < -0.3 is 4.90 Å². The monoisotopic (exact) mass is 298 g/mol. The van der Waals surface area contributed by atoms with E-state index >= 15 is 0 Å². The van der Waals surface area contributed by atoms with Gasteiger partial charge in [0, 0.05) is 13.1 Å². The molecule has 0 atom stereocenters. The van der Waals surface area contributed by atoms with Gasteiger partial charge in [-0.25, -0.2) is 13.1 Å². The first kappa shape index (κ1) is 16.7. The van der Waals surface area contributed by atoms with E-state index < -0.39 is 10.0 Å². The van der Waals surface area contributed by atoms with E-state index in [2.05, 4.69) is 4.72 Å². The lowest BCUT2D eigenvalue weighted by atomic mass is 10.3. The highest BCUT2D eigenvalue weighted by atomic mass is 32.2. The molecule has 0 unspecified atom stereocenters. The van der Waals surface area contributed by atoms with E-state index in [0.29, 0.717) is 13.1 Å². The fraction of sp³-hybridized carbons (Fsp3) is 0.500. The molecule has 0 saturated carbocycles. The number of nitrogens with one attached hydrogen (secondary N) is 1. The van der Waals surface area contributed by atoms with E-state index in [9.17, 15) is 13.2 Å². The number of hydrogen-bond acceptors (Lipinski definition) is 3. The fourth-order valence-corrected chi connectivity index (χ4v) is 2.85. The second-order valence-corrected chi connectivity index (χ2v) is 6.29. The molecule has 0 spiro atoms. The maximum atomic E-state index is 12.0. The highest BCUT2D eigenvalue weighted by Crippen LogP contribution is 2.06. The maximum absolute atomic E-state index is 12.0. The van der Waals surface area contributed by atoms with Gasteiger partial charge in [0.2, 0.25) is 15.9 Å². The summed E-state index contributed by atoms with van der Waals surface area (Å²) in [6, 6.07) is 8.05. The molecule has 0 bridgehead atoms. The summed E-state index contributed by atoms with van der Waals surface area (Å²) >= 11 is 0. The van der Waals surface area contributed by atoms with Gasteiger partial charge >= 0.3 is 0 Å². The third-order valence-electron chi connectivity index (χ3n) is 2.81. The Morgan fingerprint density at radius 3 is 2.15 bits per heavy atom. The Labute approximate surface area is 121 Å². The van der Waals surface area contributed by atoms with Crippen molar-refractivity contribution in [1.82, 2.24) is 9.62 Å². The van der Waals surface area contributed by atoms with E-state index in [4.69, 9.17) is 0 Å². The van der Waals surface area contributed by atoms with Crippen LogP contribution in [0.1, 0.15) is 26.7 Å². The van der Waals surface area contributed by atoms with Crippen LogP contribution in [0.3, 0.4) is 0 Å². The highest BCUT2D eigenvalue weighted by Gasteiger charge is 2.17. The Morgan fingerprint density at radius 2 is 1.65 bits per heavy atom. The van der Waals surface area contributed by atoms with Crippen LogP contribution in [0, 0.1) is 0 Å². The van der Waals surface area contributed by atoms with Crippen LogP contribution < -0.4 is 4.72 Å². The Morgan fingerprint density at radius 1 is 1.10 bits per heavy atom. The van der Waals surface area contributed by atoms with Gasteiger partial charge in [0.25, 0.3) is 0 Å². The Bertz CT molecular complexity index is 508. The molecular weight excluding hydrogens is 276 g/mol. The van der Waals surface area contributed by atoms with Gasteiger partial charge in [0.05, 0.1) is 11.4 Å². The molecule has 1 amide bonds. The predicted octanol–water partition coefficient (Wildman–Crippen LogP) is 1.61. The smallest absolute Gasteiger partial charge is 0.241 e. The van der Waals surface area contributed by atoms with E-state index in [1.54, 1.807) is 23.1 Å². The summed E-state index contributed by atoms with van der Waals surface area (Å²) in [6.45, 7) is 5.09. The largest absolute Gasteiger partial charge is 0.342 e. The minimum Gasteiger partial charge on any atom is -0.342 e. The lowest BCUT2D eigenvalue weighted by Crippen LogP contribution is -2.40. The van der Waals surface area contributed by atoms with E-state index in [1.807, 2.05) is 13.8 Å². The van der Waals surface area contributed by atoms with Crippen LogP contribution in [0.5, 0.6) is 0 Å². The molecule has 0 aliphatic rings. The second kappa shape index (κ2) is 8.01. The molecule has 0 radical (unpaired) electrons. The summed E-state index contributed by atoms with van der Waals surface area (Å²) in [5, 5.41) is 0. The first-order chi connectivity index (χ1) is 9.51. The number of benzene rings is 1. The van der Waals surface area contributed by atoms with Crippen molar-refractivity contribution >= 4 is 15.9 Å². The van der Waals surface area contributed by atoms with Gasteiger partial charge in [-0.05, 0) is 25.0 Å². The number of amides is 1. The lowest BCUT2D eigenvalue weighted by molar-refractivity contribution is -0.130. The zero-order chi connectivity index (χ0) is 15.0. The van der Waals surface area contributed by atoms with Crippen LogP contribution in [0.25, 0.3) is 0 Å². The van der Waals surface area contributed by atoms with Gasteiger partial charge in [0.1, 0.15) is 0 Å². The number of hydrogen-bond donors (Lipinski definition) is 1. The van der Waals surface area contributed by atoms with Crippen LogP contribution in [-0.4, -0.2) is 38.9 Å². The summed E-state index contributed by atoms with van der Waals surface area (Å²) in [6.07, 6.45) is 1.72. The van der Waals surface area contributed by atoms with Crippen molar-refractivity contribution in [2.75, 3.05) is 19.6 Å². The Kier molecular flexibility index (Phi) is 6.67. The normalized spacial score (nSPS) is 11.3. The van der Waals surface area contributed by atoms with E-state index in [0.717, 1.165) is 12.8 Å². The quantitative estimate of drug-likeness (QED) is 0.793. The van der Waals surface area contributed by atoms with Gasteiger partial charge in [0.15, 0.2) is 0 Å². The summed E-state index contributed by atoms with van der Waals surface area (Å²) in [4.78, 5) is 13.9. The fourth-order valence-electron chi connectivity index (χ4n) is 1.85. The minimum atomic E-state index is -3.62. The number of rotatable bonds is 8. The van der Waals surface area contributed by atoms with Gasteiger partial charge in [-0.1, -0.05) is 32.0 Å². The van der Waals surface area contributed by atoms with Crippen LogP contribution in [-0.2, 0) is 14.8 Å². The average molecular weight is 298 g/mol. The molecular formula is C14H22N2O3S. The molecule has 20 heavy (non-hydrogen) atoms. The minimum absolute atomic E-state index is 0.172. The van der Waals surface area contributed by atoms with Crippen LogP contribution >= 0.6 is 0 Å². The number of nitrogens with zero attached hydrogens (tertiary/aromatic N) is 1. The molecule has 1 N–H and O–H groups in total. The third-order valence-corrected chi connectivity index (χ3v) is 4.22. The summed E-state index contributed by atoms with van der Waals surface area (Å²) in [5.41, 5.74) is 0. The molecule has 1 rings (SSSR count). The molecule has 0 fully saturated rings. The van der Waals surface area contributed by atoms with Gasteiger partial charge in [-0.2, -0.15) is 0 Å². The highest BCUT2D eigenvalue weighted by molar-refractivity contribution is 7.89. The average Bonchev–Trinajstić information content (AvgIpc) is 2.45. The second-order valence-electron chi connectivity index (χ2n) is 4.52. The molecule has 1 aromatic rings. The van der Waals surface area contributed by atoms with E-state index in [-0.39, 0.29) is 17.3 Å². The molecule has 6 heteroatoms. The van der Waals surface area contributed by atoms with Gasteiger partial charge in [-0.3, -0.25) is 4.79 Å². The van der Waals surface area contributed by atoms with Crippen molar-refractivity contribution in [1.29, 1.82) is 0 Å². The molecule has 112 valence electrons. The number of sulfonamides is 1. The van der Waals surface area contributed by atoms with Crippen molar-refractivity contribution in [2.45, 2.75) is 31.6 Å². The molecule has 1 aromatic carbocycles. The summed E-state index contributed by atoms with van der Waals surface area (Å²) in [5.74, 6) is -0.187. The van der Waals surface area contributed by atoms with Crippen molar-refractivity contribution < 1.29 is 13.2 Å². The Balaban J connectivity index is 2.63. The van der Waals surface area contributed by atoms with Crippen LogP contribution in [0.4, 0.5) is 0 Å². The Hall–Kier alpha value is -1.40. The zero-order valence-electron chi connectivity index (χ0n) is 12.0. The topological polar surface area (TPSA) is 66.5 Å². The van der Waals surface area contributed by atoms with E-state index in [1.165, 1.54) is 12.1 Å². The molecule has 0 aromatic heterocycles. The first-order valence-corrected chi connectivity index (χ1v) is 8.32. The zero-order valence-corrected chi connectivity index (χ0v) is 12.8. The summed E-state index contributed by atoms with van der Waals surface area (Å²) < 4.78 is 26.3. The van der Waals surface area contributed by atoms with Crippen molar-refractivity contribution in [3.63, 3.8) is 0 Å². The molecule has 5 nitrogen and oxygen atoms in total. The van der Waals surface area contributed by atoms with Gasteiger partial charge in [-0.15, -0.1) is 0 Å². The molecule has 0 aliphatic heterocycles. The first-order valence-electron chi connectivity index (χ1n) is 6.83. The number of carbonyl (C=O) groups is 1. The molecule has 0 aliphatic carbocycles. The van der Waals surface area contributed by atoms with Crippen LogP contribution in [0.2, 0.25) is 0 Å². The van der Waals surface area contributed by atoms with Crippen molar-refractivity contribution in [3.05, 3.63) is 30.3 Å².